The van der Waals surface area contributed by atoms with Crippen LogP contribution in [0.1, 0.15) is 40.0 Å². The van der Waals surface area contributed by atoms with Crippen molar-refractivity contribution in [3.8, 4) is 11.8 Å². The average molecular weight is 240 g/mol. The van der Waals surface area contributed by atoms with E-state index < -0.39 is 17.9 Å². The van der Waals surface area contributed by atoms with Crippen LogP contribution in [0, 0.1) is 17.8 Å². The first kappa shape index (κ1) is 15.5. The highest BCUT2D eigenvalue weighted by Crippen LogP contribution is 2.11. The van der Waals surface area contributed by atoms with Crippen LogP contribution in [0.5, 0.6) is 0 Å². The van der Waals surface area contributed by atoms with Gasteiger partial charge >= 0.3 is 11.9 Å². The molecule has 0 aliphatic carbocycles. The Morgan fingerprint density at radius 2 is 1.53 bits per heavy atom. The minimum Gasteiger partial charge on any atom is -0.465 e. The zero-order valence-corrected chi connectivity index (χ0v) is 10.7. The molecule has 0 heterocycles. The fraction of sp³-hybridized carbons (Fsp3) is 0.692. The predicted octanol–water partition coefficient (Wildman–Crippen LogP) is 1.92. The fourth-order valence-electron chi connectivity index (χ4n) is 1.25. The molecule has 4 nitrogen and oxygen atoms in total. The van der Waals surface area contributed by atoms with Crippen molar-refractivity contribution in [3.05, 3.63) is 0 Å². The highest BCUT2D eigenvalue weighted by molar-refractivity contribution is 5.94. The van der Waals surface area contributed by atoms with E-state index >= 15 is 0 Å². The Morgan fingerprint density at radius 1 is 1.00 bits per heavy atom. The van der Waals surface area contributed by atoms with Crippen LogP contribution in [0.4, 0.5) is 0 Å². The van der Waals surface area contributed by atoms with Crippen molar-refractivity contribution in [1.29, 1.82) is 0 Å². The summed E-state index contributed by atoms with van der Waals surface area (Å²) in [5, 5.41) is 0. The standard InChI is InChI=1S/C13H20O4/c1-4-7-8-9-10-11(12(14)16-5-2)13(15)17-6-3/h11H,4-6,9-10H2,1-3H3. The molecular formula is C13H20O4. The normalized spacial score (nSPS) is 9.41. The molecule has 0 rings (SSSR count). The molecule has 0 radical (unpaired) electrons. The summed E-state index contributed by atoms with van der Waals surface area (Å²) in [6.07, 6.45) is 1.62. The second-order valence-electron chi connectivity index (χ2n) is 3.30. The van der Waals surface area contributed by atoms with Gasteiger partial charge in [0.05, 0.1) is 13.2 Å². The number of carbonyl (C=O) groups is 2. The minimum absolute atomic E-state index is 0.259. The van der Waals surface area contributed by atoms with E-state index in [1.807, 2.05) is 6.92 Å². The maximum atomic E-state index is 11.6. The Hall–Kier alpha value is -1.50. The van der Waals surface area contributed by atoms with Gasteiger partial charge in [0, 0.05) is 12.8 Å². The van der Waals surface area contributed by atoms with E-state index in [1.165, 1.54) is 0 Å². The summed E-state index contributed by atoms with van der Waals surface area (Å²) in [6, 6.07) is 0. The first-order valence-electron chi connectivity index (χ1n) is 5.96. The lowest BCUT2D eigenvalue weighted by atomic mass is 10.0. The predicted molar refractivity (Wildman–Crippen MR) is 64.1 cm³/mol. The molecule has 17 heavy (non-hydrogen) atoms. The summed E-state index contributed by atoms with van der Waals surface area (Å²) in [6.45, 7) is 5.87. The third-order valence-corrected chi connectivity index (χ3v) is 2.00. The SMILES string of the molecule is CCC#CCCC(C(=O)OCC)C(=O)OCC. The van der Waals surface area contributed by atoms with Gasteiger partial charge < -0.3 is 9.47 Å². The largest absolute Gasteiger partial charge is 0.465 e. The average Bonchev–Trinajstić information content (AvgIpc) is 2.29. The van der Waals surface area contributed by atoms with Gasteiger partial charge in [-0.25, -0.2) is 0 Å². The van der Waals surface area contributed by atoms with E-state index in [1.54, 1.807) is 13.8 Å². The third-order valence-electron chi connectivity index (χ3n) is 2.00. The molecule has 0 aliphatic rings. The van der Waals surface area contributed by atoms with Gasteiger partial charge in [-0.2, -0.15) is 0 Å². The van der Waals surface area contributed by atoms with Crippen LogP contribution in [0.3, 0.4) is 0 Å². The molecule has 0 fully saturated rings. The molecule has 0 aromatic heterocycles. The molecule has 0 aromatic rings. The summed E-state index contributed by atoms with van der Waals surface area (Å²) in [7, 11) is 0. The van der Waals surface area contributed by atoms with Crippen LogP contribution in [-0.4, -0.2) is 25.2 Å². The van der Waals surface area contributed by atoms with Gasteiger partial charge in [0.2, 0.25) is 0 Å². The molecule has 4 heteroatoms. The molecule has 0 aliphatic heterocycles. The van der Waals surface area contributed by atoms with Crippen molar-refractivity contribution in [2.45, 2.75) is 40.0 Å². The molecule has 0 spiro atoms. The molecule has 0 unspecified atom stereocenters. The van der Waals surface area contributed by atoms with Crippen LogP contribution in [0.25, 0.3) is 0 Å². The molecule has 0 saturated heterocycles. The van der Waals surface area contributed by atoms with Crippen molar-refractivity contribution in [3.63, 3.8) is 0 Å². The summed E-state index contributed by atoms with van der Waals surface area (Å²) >= 11 is 0. The van der Waals surface area contributed by atoms with E-state index in [-0.39, 0.29) is 13.2 Å². The Morgan fingerprint density at radius 3 is 1.94 bits per heavy atom. The molecule has 0 N–H and O–H groups in total. The Kier molecular flexibility index (Phi) is 8.85. The monoisotopic (exact) mass is 240 g/mol. The van der Waals surface area contributed by atoms with E-state index in [4.69, 9.17) is 9.47 Å². The highest BCUT2D eigenvalue weighted by atomic mass is 16.6. The molecule has 0 amide bonds. The number of esters is 2. The van der Waals surface area contributed by atoms with Gasteiger partial charge in [-0.15, -0.1) is 11.8 Å². The summed E-state index contributed by atoms with van der Waals surface area (Å²) in [4.78, 5) is 23.1. The lowest BCUT2D eigenvalue weighted by Gasteiger charge is -2.12. The molecular weight excluding hydrogens is 220 g/mol. The molecule has 0 saturated carbocycles. The van der Waals surface area contributed by atoms with Gasteiger partial charge in [-0.1, -0.05) is 6.92 Å². The zero-order chi connectivity index (χ0) is 13.1. The zero-order valence-electron chi connectivity index (χ0n) is 10.7. The van der Waals surface area contributed by atoms with Crippen molar-refractivity contribution in [2.75, 3.05) is 13.2 Å². The van der Waals surface area contributed by atoms with Crippen molar-refractivity contribution in [1.82, 2.24) is 0 Å². The number of carbonyl (C=O) groups excluding carboxylic acids is 2. The van der Waals surface area contributed by atoms with Crippen LogP contribution >= 0.6 is 0 Å². The first-order chi connectivity index (χ1) is 8.17. The Labute approximate surface area is 103 Å². The topological polar surface area (TPSA) is 52.6 Å². The number of rotatable bonds is 6. The van der Waals surface area contributed by atoms with Gasteiger partial charge in [0.25, 0.3) is 0 Å². The number of hydrogen-bond acceptors (Lipinski definition) is 4. The number of ether oxygens (including phenoxy) is 2. The Bertz CT molecular complexity index is 280. The highest BCUT2D eigenvalue weighted by Gasteiger charge is 2.28. The Balaban J connectivity index is 4.39. The lowest BCUT2D eigenvalue weighted by Crippen LogP contribution is -2.28. The first-order valence-corrected chi connectivity index (χ1v) is 5.96. The molecule has 0 atom stereocenters. The fourth-order valence-corrected chi connectivity index (χ4v) is 1.25. The quantitative estimate of drug-likeness (QED) is 0.404. The van der Waals surface area contributed by atoms with E-state index in [2.05, 4.69) is 11.8 Å². The summed E-state index contributed by atoms with van der Waals surface area (Å²) in [5.74, 6) is 3.89. The second kappa shape index (κ2) is 9.71. The minimum atomic E-state index is -0.846. The van der Waals surface area contributed by atoms with Crippen molar-refractivity contribution >= 4 is 11.9 Å². The van der Waals surface area contributed by atoms with E-state index in [9.17, 15) is 9.59 Å². The number of hydrogen-bond donors (Lipinski definition) is 0. The van der Waals surface area contributed by atoms with Crippen molar-refractivity contribution in [2.24, 2.45) is 5.92 Å². The lowest BCUT2D eigenvalue weighted by molar-refractivity contribution is -0.161. The molecule has 96 valence electrons. The van der Waals surface area contributed by atoms with Gasteiger partial charge in [-0.05, 0) is 20.3 Å². The third kappa shape index (κ3) is 6.62. The van der Waals surface area contributed by atoms with E-state index in [0.717, 1.165) is 6.42 Å². The van der Waals surface area contributed by atoms with Gasteiger partial charge in [0.1, 0.15) is 0 Å². The molecule has 0 bridgehead atoms. The van der Waals surface area contributed by atoms with Crippen LogP contribution in [0.2, 0.25) is 0 Å². The van der Waals surface area contributed by atoms with Gasteiger partial charge in [-0.3, -0.25) is 9.59 Å². The molecule has 0 aromatic carbocycles. The van der Waals surface area contributed by atoms with E-state index in [0.29, 0.717) is 12.8 Å². The van der Waals surface area contributed by atoms with Crippen LogP contribution in [-0.2, 0) is 19.1 Å². The smallest absolute Gasteiger partial charge is 0.320 e. The van der Waals surface area contributed by atoms with Crippen molar-refractivity contribution < 1.29 is 19.1 Å². The van der Waals surface area contributed by atoms with Crippen LogP contribution < -0.4 is 0 Å². The maximum Gasteiger partial charge on any atom is 0.320 e. The maximum absolute atomic E-state index is 11.6. The summed E-state index contributed by atoms with van der Waals surface area (Å²) < 4.78 is 9.68. The van der Waals surface area contributed by atoms with Gasteiger partial charge in [0.15, 0.2) is 5.92 Å². The summed E-state index contributed by atoms with van der Waals surface area (Å²) in [5.41, 5.74) is 0. The van der Waals surface area contributed by atoms with Crippen LogP contribution in [0.15, 0.2) is 0 Å². The second-order valence-corrected chi connectivity index (χ2v) is 3.30.